The van der Waals surface area contributed by atoms with Crippen LogP contribution in [0.4, 0.5) is 0 Å². The molecule has 7 nitrogen and oxygen atoms in total. The SMILES string of the molecule is CCCc1nc(Cc2ccccc2)nn1Cc1ccc(-c2ccccc2-c2nn[nH]n2)cc1. The Morgan fingerprint density at radius 3 is 2.30 bits per heavy atom. The fraction of sp³-hybridized carbons (Fsp3) is 0.192. The Morgan fingerprint density at radius 1 is 0.818 bits per heavy atom. The smallest absolute Gasteiger partial charge is 0.205 e. The van der Waals surface area contributed by atoms with Gasteiger partial charge in [0.25, 0.3) is 0 Å². The van der Waals surface area contributed by atoms with Crippen LogP contribution in [0, 0.1) is 0 Å². The third kappa shape index (κ3) is 4.72. The topological polar surface area (TPSA) is 85.2 Å². The zero-order valence-electron chi connectivity index (χ0n) is 18.5. The van der Waals surface area contributed by atoms with Gasteiger partial charge in [-0.05, 0) is 33.9 Å². The molecule has 2 aromatic heterocycles. The van der Waals surface area contributed by atoms with Crippen molar-refractivity contribution in [3.8, 4) is 22.5 Å². The number of hydrogen-bond acceptors (Lipinski definition) is 5. The van der Waals surface area contributed by atoms with E-state index in [9.17, 15) is 0 Å². The number of benzene rings is 3. The standard InChI is InChI=1S/C26H25N7/c1-2-8-25-27-24(17-19-9-4-3-5-10-19)30-33(25)18-20-13-15-21(16-14-20)22-11-6-7-12-23(22)26-28-31-32-29-26/h3-7,9-16H,2,8,17-18H2,1H3,(H,28,29,31,32). The summed E-state index contributed by atoms with van der Waals surface area (Å²) in [6, 6.07) is 27.0. The van der Waals surface area contributed by atoms with E-state index in [2.05, 4.69) is 82.1 Å². The molecule has 0 radical (unpaired) electrons. The fourth-order valence-corrected chi connectivity index (χ4v) is 3.98. The second-order valence-electron chi connectivity index (χ2n) is 7.99. The van der Waals surface area contributed by atoms with Crippen LogP contribution in [0.2, 0.25) is 0 Å². The molecule has 2 heterocycles. The summed E-state index contributed by atoms with van der Waals surface area (Å²) in [6.45, 7) is 2.87. The van der Waals surface area contributed by atoms with Crippen LogP contribution < -0.4 is 0 Å². The molecule has 7 heteroatoms. The summed E-state index contributed by atoms with van der Waals surface area (Å²) in [5.41, 5.74) is 5.54. The normalized spacial score (nSPS) is 11.1. The molecule has 0 fully saturated rings. The zero-order chi connectivity index (χ0) is 22.5. The van der Waals surface area contributed by atoms with E-state index in [1.165, 1.54) is 11.1 Å². The first-order valence-electron chi connectivity index (χ1n) is 11.2. The molecule has 0 aliphatic carbocycles. The molecule has 1 N–H and O–H groups in total. The van der Waals surface area contributed by atoms with Crippen molar-refractivity contribution in [3.63, 3.8) is 0 Å². The van der Waals surface area contributed by atoms with Crippen LogP contribution in [0.5, 0.6) is 0 Å². The largest absolute Gasteiger partial charge is 0.245 e. The molecule has 0 atom stereocenters. The lowest BCUT2D eigenvalue weighted by molar-refractivity contribution is 0.626. The van der Waals surface area contributed by atoms with Crippen LogP contribution >= 0.6 is 0 Å². The summed E-state index contributed by atoms with van der Waals surface area (Å²) >= 11 is 0. The molecule has 0 spiro atoms. The van der Waals surface area contributed by atoms with E-state index >= 15 is 0 Å². The number of aryl methyl sites for hydroxylation is 1. The zero-order valence-corrected chi connectivity index (χ0v) is 18.5. The van der Waals surface area contributed by atoms with Crippen molar-refractivity contribution in [2.45, 2.75) is 32.7 Å². The number of aromatic nitrogens is 7. The van der Waals surface area contributed by atoms with E-state index in [1.807, 2.05) is 28.9 Å². The van der Waals surface area contributed by atoms with Gasteiger partial charge >= 0.3 is 0 Å². The van der Waals surface area contributed by atoms with Crippen LogP contribution in [0.25, 0.3) is 22.5 Å². The quantitative estimate of drug-likeness (QED) is 0.381. The van der Waals surface area contributed by atoms with E-state index in [4.69, 9.17) is 10.1 Å². The number of hydrogen-bond donors (Lipinski definition) is 1. The molecule has 0 saturated heterocycles. The Hall–Kier alpha value is -4.13. The maximum absolute atomic E-state index is 4.83. The molecule has 0 amide bonds. The van der Waals surface area contributed by atoms with Gasteiger partial charge in [0.1, 0.15) is 5.82 Å². The van der Waals surface area contributed by atoms with Gasteiger partial charge in [-0.1, -0.05) is 85.8 Å². The van der Waals surface area contributed by atoms with Crippen molar-refractivity contribution in [2.75, 3.05) is 0 Å². The Balaban J connectivity index is 1.38. The second-order valence-corrected chi connectivity index (χ2v) is 7.99. The maximum atomic E-state index is 4.83. The van der Waals surface area contributed by atoms with E-state index < -0.39 is 0 Å². The summed E-state index contributed by atoms with van der Waals surface area (Å²) in [5, 5.41) is 19.3. The predicted molar refractivity (Wildman–Crippen MR) is 127 cm³/mol. The second kappa shape index (κ2) is 9.56. The number of tetrazole rings is 1. The summed E-state index contributed by atoms with van der Waals surface area (Å²) in [5.74, 6) is 2.50. The molecule has 0 bridgehead atoms. The molecular weight excluding hydrogens is 410 g/mol. The Morgan fingerprint density at radius 2 is 1.58 bits per heavy atom. The molecule has 0 saturated carbocycles. The van der Waals surface area contributed by atoms with Crippen LogP contribution in [0.1, 0.15) is 36.1 Å². The van der Waals surface area contributed by atoms with Crippen molar-refractivity contribution < 1.29 is 0 Å². The summed E-state index contributed by atoms with van der Waals surface area (Å²) < 4.78 is 2.05. The molecular formula is C26H25N7. The van der Waals surface area contributed by atoms with Crippen LogP contribution in [-0.2, 0) is 19.4 Å². The van der Waals surface area contributed by atoms with Gasteiger partial charge in [-0.2, -0.15) is 10.3 Å². The number of nitrogens with one attached hydrogen (secondary N) is 1. The summed E-state index contributed by atoms with van der Waals surface area (Å²) in [4.78, 5) is 4.83. The lowest BCUT2D eigenvalue weighted by Crippen LogP contribution is -2.07. The highest BCUT2D eigenvalue weighted by Crippen LogP contribution is 2.29. The van der Waals surface area contributed by atoms with Gasteiger partial charge in [0.15, 0.2) is 5.82 Å². The first-order chi connectivity index (χ1) is 16.3. The Kier molecular flexibility index (Phi) is 6.01. The van der Waals surface area contributed by atoms with Crippen molar-refractivity contribution in [1.29, 1.82) is 0 Å². The monoisotopic (exact) mass is 435 g/mol. The lowest BCUT2D eigenvalue weighted by Gasteiger charge is -2.09. The molecule has 3 aromatic carbocycles. The van der Waals surface area contributed by atoms with Crippen LogP contribution in [-0.4, -0.2) is 35.4 Å². The molecule has 0 unspecified atom stereocenters. The Bertz CT molecular complexity index is 1310. The number of aromatic amines is 1. The molecule has 33 heavy (non-hydrogen) atoms. The maximum Gasteiger partial charge on any atom is 0.205 e. The predicted octanol–water partition coefficient (Wildman–Crippen LogP) is 4.72. The van der Waals surface area contributed by atoms with Crippen molar-refractivity contribution in [3.05, 3.63) is 102 Å². The molecule has 5 rings (SSSR count). The highest BCUT2D eigenvalue weighted by Gasteiger charge is 2.13. The number of nitrogens with zero attached hydrogens (tertiary/aromatic N) is 6. The van der Waals surface area contributed by atoms with E-state index in [0.717, 1.165) is 47.6 Å². The highest BCUT2D eigenvalue weighted by atomic mass is 15.5. The number of rotatable bonds is 8. The first kappa shape index (κ1) is 20.8. The van der Waals surface area contributed by atoms with Crippen molar-refractivity contribution in [2.24, 2.45) is 0 Å². The van der Waals surface area contributed by atoms with E-state index in [-0.39, 0.29) is 0 Å². The lowest BCUT2D eigenvalue weighted by atomic mass is 9.98. The minimum atomic E-state index is 0.590. The molecule has 0 aliphatic heterocycles. The first-order valence-corrected chi connectivity index (χ1v) is 11.2. The minimum absolute atomic E-state index is 0.590. The Labute approximate surface area is 192 Å². The summed E-state index contributed by atoms with van der Waals surface area (Å²) in [7, 11) is 0. The number of H-pyrrole nitrogens is 1. The van der Waals surface area contributed by atoms with Gasteiger partial charge in [0.2, 0.25) is 5.82 Å². The minimum Gasteiger partial charge on any atom is -0.245 e. The van der Waals surface area contributed by atoms with Gasteiger partial charge in [-0.3, -0.25) is 0 Å². The average molecular weight is 436 g/mol. The van der Waals surface area contributed by atoms with E-state index in [1.54, 1.807) is 0 Å². The van der Waals surface area contributed by atoms with Gasteiger partial charge in [-0.25, -0.2) is 9.67 Å². The summed E-state index contributed by atoms with van der Waals surface area (Å²) in [6.07, 6.45) is 2.70. The molecule has 0 aliphatic rings. The average Bonchev–Trinajstić information content (AvgIpc) is 3.51. The van der Waals surface area contributed by atoms with Crippen molar-refractivity contribution in [1.82, 2.24) is 35.4 Å². The van der Waals surface area contributed by atoms with E-state index in [0.29, 0.717) is 12.4 Å². The van der Waals surface area contributed by atoms with Crippen LogP contribution in [0.15, 0.2) is 78.9 Å². The van der Waals surface area contributed by atoms with Crippen LogP contribution in [0.3, 0.4) is 0 Å². The van der Waals surface area contributed by atoms with Crippen molar-refractivity contribution >= 4 is 0 Å². The molecule has 164 valence electrons. The third-order valence-electron chi connectivity index (χ3n) is 5.58. The van der Waals surface area contributed by atoms with Gasteiger partial charge in [0.05, 0.1) is 6.54 Å². The van der Waals surface area contributed by atoms with Gasteiger partial charge in [0, 0.05) is 18.4 Å². The fourth-order valence-electron chi connectivity index (χ4n) is 3.98. The van der Waals surface area contributed by atoms with Gasteiger partial charge in [-0.15, -0.1) is 10.2 Å². The highest BCUT2D eigenvalue weighted by molar-refractivity contribution is 5.80. The van der Waals surface area contributed by atoms with Gasteiger partial charge < -0.3 is 0 Å². The molecule has 5 aromatic rings. The third-order valence-corrected chi connectivity index (χ3v) is 5.58.